The number of hydrogen-bond donors (Lipinski definition) is 2. The summed E-state index contributed by atoms with van der Waals surface area (Å²) in [4.78, 5) is 15.1. The van der Waals surface area contributed by atoms with Crippen LogP contribution in [-0.2, 0) is 4.79 Å². The maximum absolute atomic E-state index is 14.0. The van der Waals surface area contributed by atoms with E-state index in [4.69, 9.17) is 4.42 Å². The minimum atomic E-state index is -0.388. The van der Waals surface area contributed by atoms with Crippen LogP contribution in [0.1, 0.15) is 6.92 Å². The van der Waals surface area contributed by atoms with Gasteiger partial charge in [0.25, 0.3) is 5.89 Å². The van der Waals surface area contributed by atoms with Crippen molar-refractivity contribution in [3.05, 3.63) is 46.0 Å². The monoisotopic (exact) mass is 439 g/mol. The molecule has 1 aromatic carbocycles. The van der Waals surface area contributed by atoms with E-state index in [1.165, 1.54) is 19.2 Å². The molecule has 2 N–H and O–H groups in total. The molecule has 0 radical (unpaired) electrons. The molecular weight excluding hydrogens is 428 g/mol. The molecule has 7 nitrogen and oxygen atoms in total. The molecule has 0 spiro atoms. The molecule has 3 rings (SSSR count). The van der Waals surface area contributed by atoms with Crippen LogP contribution in [0.2, 0.25) is 0 Å². The first-order valence-corrected chi connectivity index (χ1v) is 7.88. The zero-order valence-corrected chi connectivity index (χ0v) is 14.5. The fourth-order valence-electron chi connectivity index (χ4n) is 1.95. The third-order valence-corrected chi connectivity index (χ3v) is 3.63. The van der Waals surface area contributed by atoms with Crippen molar-refractivity contribution in [3.63, 3.8) is 0 Å². The Morgan fingerprint density at radius 2 is 2.08 bits per heavy atom. The Hall–Kier alpha value is -2.56. The Balaban J connectivity index is 1.93. The lowest BCUT2D eigenvalue weighted by molar-refractivity contribution is -0.114. The van der Waals surface area contributed by atoms with Crippen LogP contribution in [0.3, 0.4) is 0 Å². The molecule has 0 aliphatic rings. The van der Waals surface area contributed by atoms with Crippen LogP contribution in [0.5, 0.6) is 0 Å². The Morgan fingerprint density at radius 1 is 1.25 bits per heavy atom. The van der Waals surface area contributed by atoms with Gasteiger partial charge in [-0.1, -0.05) is 5.10 Å². The highest BCUT2D eigenvalue weighted by Crippen LogP contribution is 2.30. The molecule has 0 bridgehead atoms. The fourth-order valence-corrected chi connectivity index (χ4v) is 2.40. The van der Waals surface area contributed by atoms with Gasteiger partial charge in [-0.15, -0.1) is 5.10 Å². The second-order valence-corrected chi connectivity index (χ2v) is 6.01. The highest BCUT2D eigenvalue weighted by Gasteiger charge is 2.15. The maximum Gasteiger partial charge on any atom is 0.322 e. The van der Waals surface area contributed by atoms with Gasteiger partial charge < -0.3 is 9.73 Å². The summed E-state index contributed by atoms with van der Waals surface area (Å²) < 4.78 is 20.2. The van der Waals surface area contributed by atoms with Crippen molar-refractivity contribution < 1.29 is 13.6 Å². The van der Waals surface area contributed by atoms with Crippen molar-refractivity contribution >= 4 is 45.9 Å². The molecule has 0 aliphatic heterocycles. The molecule has 0 saturated heterocycles. The molecular formula is C15H11FIN5O2. The van der Waals surface area contributed by atoms with Gasteiger partial charge in [-0.3, -0.25) is 15.1 Å². The number of pyridine rings is 1. The molecule has 122 valence electrons. The first kappa shape index (κ1) is 16.3. The molecule has 2 heterocycles. The lowest BCUT2D eigenvalue weighted by Gasteiger charge is -2.10. The van der Waals surface area contributed by atoms with E-state index in [1.807, 2.05) is 22.6 Å². The zero-order chi connectivity index (χ0) is 17.1. The standard InChI is InChI=1S/C15H11FIN5O2/c1-8(23)19-15-22-21-14(24-15)10-4-5-18-7-13(10)20-12-3-2-9(17)6-11(12)16/h2-7,20H,1H3,(H,19,22,23). The van der Waals surface area contributed by atoms with Gasteiger partial charge in [0.1, 0.15) is 5.82 Å². The van der Waals surface area contributed by atoms with Gasteiger partial charge >= 0.3 is 6.01 Å². The van der Waals surface area contributed by atoms with Crippen LogP contribution < -0.4 is 10.6 Å². The van der Waals surface area contributed by atoms with E-state index in [0.717, 1.165) is 3.57 Å². The molecule has 0 unspecified atom stereocenters. The Labute approximate surface area is 149 Å². The normalized spacial score (nSPS) is 10.5. The molecule has 1 amide bonds. The number of benzene rings is 1. The third kappa shape index (κ3) is 3.67. The quantitative estimate of drug-likeness (QED) is 0.604. The van der Waals surface area contributed by atoms with Gasteiger partial charge in [-0.2, -0.15) is 0 Å². The summed E-state index contributed by atoms with van der Waals surface area (Å²) in [5.74, 6) is -0.532. The minimum absolute atomic E-state index is 0.0132. The number of halogens is 2. The number of anilines is 3. The van der Waals surface area contributed by atoms with Gasteiger partial charge in [0.15, 0.2) is 0 Å². The van der Waals surface area contributed by atoms with E-state index in [1.54, 1.807) is 24.4 Å². The second kappa shape index (κ2) is 6.91. The molecule has 0 saturated carbocycles. The molecule has 9 heteroatoms. The van der Waals surface area contributed by atoms with Crippen molar-refractivity contribution in [1.82, 2.24) is 15.2 Å². The first-order valence-electron chi connectivity index (χ1n) is 6.80. The number of nitrogens with one attached hydrogen (secondary N) is 2. The van der Waals surface area contributed by atoms with Gasteiger partial charge in [0.2, 0.25) is 5.91 Å². The number of nitrogens with zero attached hydrogens (tertiary/aromatic N) is 3. The molecule has 3 aromatic rings. The van der Waals surface area contributed by atoms with Gasteiger partial charge in [0.05, 0.1) is 23.1 Å². The van der Waals surface area contributed by atoms with Crippen LogP contribution in [0, 0.1) is 9.39 Å². The minimum Gasteiger partial charge on any atom is -0.403 e. The van der Waals surface area contributed by atoms with Crippen LogP contribution in [-0.4, -0.2) is 21.1 Å². The number of carbonyl (C=O) groups is 1. The molecule has 24 heavy (non-hydrogen) atoms. The Bertz CT molecular complexity index is 899. The summed E-state index contributed by atoms with van der Waals surface area (Å²) in [7, 11) is 0. The summed E-state index contributed by atoms with van der Waals surface area (Å²) in [6.07, 6.45) is 3.07. The molecule has 2 aromatic heterocycles. The third-order valence-electron chi connectivity index (χ3n) is 2.96. The van der Waals surface area contributed by atoms with Crippen molar-refractivity contribution in [3.8, 4) is 11.5 Å². The van der Waals surface area contributed by atoms with Crippen LogP contribution >= 0.6 is 22.6 Å². The maximum atomic E-state index is 14.0. The molecule has 0 fully saturated rings. The SMILES string of the molecule is CC(=O)Nc1nnc(-c2ccncc2Nc2ccc(I)cc2F)o1. The van der Waals surface area contributed by atoms with E-state index in [0.29, 0.717) is 16.9 Å². The average molecular weight is 439 g/mol. The number of rotatable bonds is 4. The highest BCUT2D eigenvalue weighted by molar-refractivity contribution is 14.1. The van der Waals surface area contributed by atoms with Crippen LogP contribution in [0.4, 0.5) is 21.8 Å². The zero-order valence-electron chi connectivity index (χ0n) is 12.4. The van der Waals surface area contributed by atoms with Crippen LogP contribution in [0.25, 0.3) is 11.5 Å². The lowest BCUT2D eigenvalue weighted by Crippen LogP contribution is -2.05. The molecule has 0 atom stereocenters. The first-order chi connectivity index (χ1) is 11.5. The molecule has 0 aliphatic carbocycles. The lowest BCUT2D eigenvalue weighted by atomic mass is 10.2. The van der Waals surface area contributed by atoms with E-state index >= 15 is 0 Å². The van der Waals surface area contributed by atoms with Crippen molar-refractivity contribution in [2.75, 3.05) is 10.6 Å². The van der Waals surface area contributed by atoms with E-state index in [2.05, 4.69) is 25.8 Å². The van der Waals surface area contributed by atoms with Crippen molar-refractivity contribution in [2.45, 2.75) is 6.92 Å². The fraction of sp³-hybridized carbons (Fsp3) is 0.0667. The van der Waals surface area contributed by atoms with Crippen molar-refractivity contribution in [1.29, 1.82) is 0 Å². The predicted octanol–water partition coefficient (Wildman–Crippen LogP) is 3.58. The van der Waals surface area contributed by atoms with E-state index in [-0.39, 0.29) is 23.6 Å². The Kier molecular flexibility index (Phi) is 4.69. The highest BCUT2D eigenvalue weighted by atomic mass is 127. The summed E-state index contributed by atoms with van der Waals surface area (Å²) in [6, 6.07) is 6.47. The summed E-state index contributed by atoms with van der Waals surface area (Å²) in [5, 5.41) is 13.0. The largest absolute Gasteiger partial charge is 0.403 e. The second-order valence-electron chi connectivity index (χ2n) is 4.76. The summed E-state index contributed by atoms with van der Waals surface area (Å²) >= 11 is 2.03. The van der Waals surface area contributed by atoms with Crippen LogP contribution in [0.15, 0.2) is 41.1 Å². The number of amides is 1. The number of carbonyl (C=O) groups excluding carboxylic acids is 1. The predicted molar refractivity (Wildman–Crippen MR) is 94.2 cm³/mol. The summed E-state index contributed by atoms with van der Waals surface area (Å²) in [6.45, 7) is 1.34. The van der Waals surface area contributed by atoms with Gasteiger partial charge in [-0.25, -0.2) is 4.39 Å². The van der Waals surface area contributed by atoms with E-state index < -0.39 is 0 Å². The van der Waals surface area contributed by atoms with E-state index in [9.17, 15) is 9.18 Å². The average Bonchev–Trinajstić information content (AvgIpc) is 2.98. The topological polar surface area (TPSA) is 92.9 Å². The van der Waals surface area contributed by atoms with Crippen molar-refractivity contribution in [2.24, 2.45) is 0 Å². The number of aromatic nitrogens is 3. The van der Waals surface area contributed by atoms with Gasteiger partial charge in [-0.05, 0) is 46.9 Å². The number of hydrogen-bond acceptors (Lipinski definition) is 6. The van der Waals surface area contributed by atoms with Gasteiger partial charge in [0, 0.05) is 16.7 Å². The smallest absolute Gasteiger partial charge is 0.322 e. The Morgan fingerprint density at radius 3 is 2.83 bits per heavy atom. The summed E-state index contributed by atoms with van der Waals surface area (Å²) in [5.41, 5.74) is 1.33.